The minimum atomic E-state index is -0.484. The lowest BCUT2D eigenvalue weighted by Gasteiger charge is -2.27. The van der Waals surface area contributed by atoms with Gasteiger partial charge in [0.1, 0.15) is 5.75 Å². The highest BCUT2D eigenvalue weighted by Crippen LogP contribution is 2.24. The zero-order valence-electron chi connectivity index (χ0n) is 10.8. The maximum Gasteiger partial charge on any atom is 0.223 e. The van der Waals surface area contributed by atoms with E-state index in [2.05, 4.69) is 0 Å². The van der Waals surface area contributed by atoms with E-state index in [9.17, 15) is 9.90 Å². The molecule has 1 fully saturated rings. The second-order valence-electron chi connectivity index (χ2n) is 4.72. The fourth-order valence-corrected chi connectivity index (χ4v) is 2.43. The third kappa shape index (κ3) is 2.64. The Morgan fingerprint density at radius 2 is 2.33 bits per heavy atom. The third-order valence-corrected chi connectivity index (χ3v) is 3.42. The molecule has 0 spiro atoms. The van der Waals surface area contributed by atoms with Crippen LogP contribution in [0.4, 0.5) is 0 Å². The molecule has 1 N–H and O–H groups in total. The monoisotopic (exact) mass is 249 g/mol. The molecule has 1 amide bonds. The maximum atomic E-state index is 11.8. The highest BCUT2D eigenvalue weighted by atomic mass is 16.5. The number of amides is 1. The van der Waals surface area contributed by atoms with Crippen molar-refractivity contribution in [1.82, 2.24) is 4.90 Å². The summed E-state index contributed by atoms with van der Waals surface area (Å²) in [4.78, 5) is 13.6. The quantitative estimate of drug-likeness (QED) is 0.881. The highest BCUT2D eigenvalue weighted by molar-refractivity contribution is 5.78. The summed E-state index contributed by atoms with van der Waals surface area (Å²) in [5.74, 6) is 0.900. The summed E-state index contributed by atoms with van der Waals surface area (Å²) in [6.07, 6.45) is 0.780. The fourth-order valence-electron chi connectivity index (χ4n) is 2.43. The molecule has 1 aromatic carbocycles. The first-order valence-corrected chi connectivity index (χ1v) is 6.22. The number of ether oxygens (including phenoxy) is 1. The first-order valence-electron chi connectivity index (χ1n) is 6.22. The molecule has 4 heteroatoms. The molecule has 0 saturated carbocycles. The Kier molecular flexibility index (Phi) is 3.87. The second-order valence-corrected chi connectivity index (χ2v) is 4.72. The molecule has 4 nitrogen and oxygen atoms in total. The Hall–Kier alpha value is -1.55. The third-order valence-electron chi connectivity index (χ3n) is 3.42. The van der Waals surface area contributed by atoms with E-state index < -0.39 is 6.10 Å². The molecule has 0 aliphatic carbocycles. The van der Waals surface area contributed by atoms with E-state index in [-0.39, 0.29) is 11.9 Å². The molecule has 18 heavy (non-hydrogen) atoms. The molecule has 1 heterocycles. The Morgan fingerprint density at radius 3 is 3.00 bits per heavy atom. The number of methoxy groups -OCH3 is 1. The number of rotatable bonds is 4. The summed E-state index contributed by atoms with van der Waals surface area (Å²) in [7, 11) is 1.62. The van der Waals surface area contributed by atoms with E-state index in [0.717, 1.165) is 17.7 Å². The van der Waals surface area contributed by atoms with Crippen LogP contribution in [0.1, 0.15) is 25.3 Å². The van der Waals surface area contributed by atoms with E-state index >= 15 is 0 Å². The number of nitrogens with zero attached hydrogens (tertiary/aromatic N) is 1. The minimum absolute atomic E-state index is 0.0660. The predicted octanol–water partition coefficient (Wildman–Crippen LogP) is 1.57. The van der Waals surface area contributed by atoms with Crippen molar-refractivity contribution in [1.29, 1.82) is 0 Å². The summed E-state index contributed by atoms with van der Waals surface area (Å²) >= 11 is 0. The number of benzene rings is 1. The van der Waals surface area contributed by atoms with Crippen molar-refractivity contribution in [2.45, 2.75) is 38.5 Å². The van der Waals surface area contributed by atoms with Gasteiger partial charge < -0.3 is 14.7 Å². The molecule has 1 aliphatic heterocycles. The van der Waals surface area contributed by atoms with Crippen molar-refractivity contribution in [2.75, 3.05) is 7.11 Å². The van der Waals surface area contributed by atoms with Crippen LogP contribution >= 0.6 is 0 Å². The van der Waals surface area contributed by atoms with Crippen molar-refractivity contribution < 1.29 is 14.6 Å². The zero-order chi connectivity index (χ0) is 13.1. The van der Waals surface area contributed by atoms with Gasteiger partial charge in [-0.3, -0.25) is 4.79 Å². The predicted molar refractivity (Wildman–Crippen MR) is 68.2 cm³/mol. The van der Waals surface area contributed by atoms with Crippen LogP contribution in [-0.2, 0) is 11.3 Å². The number of aliphatic hydroxyl groups excluding tert-OH is 1. The van der Waals surface area contributed by atoms with Gasteiger partial charge >= 0.3 is 0 Å². The van der Waals surface area contributed by atoms with Crippen LogP contribution in [0.2, 0.25) is 0 Å². The second kappa shape index (κ2) is 5.40. The first kappa shape index (κ1) is 12.9. The average Bonchev–Trinajstić information content (AvgIpc) is 2.71. The van der Waals surface area contributed by atoms with Gasteiger partial charge in [-0.05, 0) is 31.0 Å². The zero-order valence-corrected chi connectivity index (χ0v) is 10.8. The van der Waals surface area contributed by atoms with Crippen LogP contribution in [0.5, 0.6) is 5.75 Å². The van der Waals surface area contributed by atoms with Crippen LogP contribution < -0.4 is 4.74 Å². The van der Waals surface area contributed by atoms with Crippen LogP contribution in [0.15, 0.2) is 24.3 Å². The number of hydrogen-bond acceptors (Lipinski definition) is 3. The number of carbonyl (C=O) groups is 1. The van der Waals surface area contributed by atoms with Crippen LogP contribution in [0.25, 0.3) is 0 Å². The Labute approximate surface area is 107 Å². The number of aliphatic hydroxyl groups is 1. The summed E-state index contributed by atoms with van der Waals surface area (Å²) in [5, 5.41) is 9.70. The first-order chi connectivity index (χ1) is 8.61. The molecule has 0 unspecified atom stereocenters. The fraction of sp³-hybridized carbons (Fsp3) is 0.500. The summed E-state index contributed by atoms with van der Waals surface area (Å²) < 4.78 is 5.17. The molecule has 98 valence electrons. The lowest BCUT2D eigenvalue weighted by Crippen LogP contribution is -2.39. The molecular formula is C14H19NO3. The van der Waals surface area contributed by atoms with E-state index in [1.54, 1.807) is 18.9 Å². The van der Waals surface area contributed by atoms with Gasteiger partial charge in [-0.25, -0.2) is 0 Å². The summed E-state index contributed by atoms with van der Waals surface area (Å²) in [6.45, 7) is 2.27. The van der Waals surface area contributed by atoms with Crippen molar-refractivity contribution >= 4 is 5.91 Å². The van der Waals surface area contributed by atoms with Gasteiger partial charge in [-0.2, -0.15) is 0 Å². The molecule has 2 rings (SSSR count). The van der Waals surface area contributed by atoms with Gasteiger partial charge in [0.2, 0.25) is 5.91 Å². The van der Waals surface area contributed by atoms with E-state index in [1.807, 2.05) is 24.3 Å². The molecular weight excluding hydrogens is 230 g/mol. The largest absolute Gasteiger partial charge is 0.497 e. The number of likely N-dealkylation sites (tertiary alicyclic amines) is 1. The van der Waals surface area contributed by atoms with Gasteiger partial charge in [0.25, 0.3) is 0 Å². The Morgan fingerprint density at radius 1 is 1.56 bits per heavy atom. The van der Waals surface area contributed by atoms with E-state index in [4.69, 9.17) is 4.74 Å². The summed E-state index contributed by atoms with van der Waals surface area (Å²) in [6, 6.07) is 7.61. The standard InChI is InChI=1S/C14H19NO3/c1-10(16)13-6-7-14(17)15(13)9-11-4-3-5-12(8-11)18-2/h3-5,8,10,13,16H,6-7,9H2,1-2H3/t10-,13+/m1/s1. The number of hydrogen-bond donors (Lipinski definition) is 1. The molecule has 1 aliphatic rings. The van der Waals surface area contributed by atoms with Crippen LogP contribution in [0, 0.1) is 0 Å². The van der Waals surface area contributed by atoms with Crippen LogP contribution in [0.3, 0.4) is 0 Å². The average molecular weight is 249 g/mol. The Balaban J connectivity index is 2.13. The molecule has 1 aromatic rings. The smallest absolute Gasteiger partial charge is 0.223 e. The van der Waals surface area contributed by atoms with Crippen molar-refractivity contribution in [3.8, 4) is 5.75 Å². The molecule has 2 atom stereocenters. The van der Waals surface area contributed by atoms with Gasteiger partial charge in [-0.15, -0.1) is 0 Å². The molecule has 0 radical (unpaired) electrons. The van der Waals surface area contributed by atoms with E-state index in [1.165, 1.54) is 0 Å². The summed E-state index contributed by atoms with van der Waals surface area (Å²) in [5.41, 5.74) is 1.02. The lowest BCUT2D eigenvalue weighted by atomic mass is 10.1. The van der Waals surface area contributed by atoms with Gasteiger partial charge in [0, 0.05) is 13.0 Å². The minimum Gasteiger partial charge on any atom is -0.497 e. The van der Waals surface area contributed by atoms with E-state index in [0.29, 0.717) is 13.0 Å². The van der Waals surface area contributed by atoms with Crippen molar-refractivity contribution in [3.05, 3.63) is 29.8 Å². The molecule has 1 saturated heterocycles. The van der Waals surface area contributed by atoms with Gasteiger partial charge in [0.15, 0.2) is 0 Å². The number of carbonyl (C=O) groups excluding carboxylic acids is 1. The normalized spacial score (nSPS) is 21.2. The lowest BCUT2D eigenvalue weighted by molar-refractivity contribution is -0.130. The highest BCUT2D eigenvalue weighted by Gasteiger charge is 2.33. The SMILES string of the molecule is COc1cccc(CN2C(=O)CC[C@H]2[C@@H](C)O)c1. The van der Waals surface area contributed by atoms with Gasteiger partial charge in [-0.1, -0.05) is 12.1 Å². The molecule has 0 bridgehead atoms. The van der Waals surface area contributed by atoms with Crippen molar-refractivity contribution in [3.63, 3.8) is 0 Å². The van der Waals surface area contributed by atoms with Crippen molar-refractivity contribution in [2.24, 2.45) is 0 Å². The topological polar surface area (TPSA) is 49.8 Å². The molecule has 0 aromatic heterocycles. The van der Waals surface area contributed by atoms with Gasteiger partial charge in [0.05, 0.1) is 19.3 Å². The van der Waals surface area contributed by atoms with Crippen LogP contribution in [-0.4, -0.2) is 35.2 Å². The Bertz CT molecular complexity index is 431. The maximum absolute atomic E-state index is 11.8.